The summed E-state index contributed by atoms with van der Waals surface area (Å²) in [4.78, 5) is 36.2. The van der Waals surface area contributed by atoms with Gasteiger partial charge in [-0.15, -0.1) is 0 Å². The first-order valence-electron chi connectivity index (χ1n) is 8.31. The van der Waals surface area contributed by atoms with Crippen LogP contribution in [0.1, 0.15) is 32.8 Å². The molecule has 1 aromatic carbocycles. The number of piperidine rings is 1. The van der Waals surface area contributed by atoms with Crippen molar-refractivity contribution in [1.29, 1.82) is 0 Å². The summed E-state index contributed by atoms with van der Waals surface area (Å²) in [6, 6.07) is 8.36. The van der Waals surface area contributed by atoms with Crippen molar-refractivity contribution >= 4 is 18.0 Å². The Morgan fingerprint density at radius 1 is 1.12 bits per heavy atom. The van der Waals surface area contributed by atoms with E-state index in [2.05, 4.69) is 0 Å². The highest BCUT2D eigenvalue weighted by atomic mass is 16.6. The molecule has 0 spiro atoms. The molecule has 1 heterocycles. The number of rotatable bonds is 4. The number of aliphatic hydroxyl groups is 1. The van der Waals surface area contributed by atoms with Crippen molar-refractivity contribution in [2.24, 2.45) is 0 Å². The average Bonchev–Trinajstić information content (AvgIpc) is 2.56. The molecule has 0 aliphatic carbocycles. The van der Waals surface area contributed by atoms with Crippen molar-refractivity contribution in [3.05, 3.63) is 35.9 Å². The number of hydrogen-bond acceptors (Lipinski definition) is 7. The molecule has 0 bridgehead atoms. The average molecular weight is 365 g/mol. The molecule has 1 amide bonds. The molecule has 8 heteroatoms. The van der Waals surface area contributed by atoms with E-state index in [9.17, 15) is 19.5 Å². The molecule has 1 fully saturated rings. The maximum absolute atomic E-state index is 12.4. The zero-order valence-corrected chi connectivity index (χ0v) is 15.0. The van der Waals surface area contributed by atoms with E-state index >= 15 is 0 Å². The Hall–Kier alpha value is -2.61. The fraction of sp³-hybridized carbons (Fsp3) is 0.500. The number of carbonyl (C=O) groups excluding carboxylic acids is 3. The molecule has 0 saturated carbocycles. The normalized spacial score (nSPS) is 25.3. The summed E-state index contributed by atoms with van der Waals surface area (Å²) < 4.78 is 15.6. The van der Waals surface area contributed by atoms with Crippen LogP contribution in [0, 0.1) is 0 Å². The molecule has 1 aliphatic heterocycles. The minimum absolute atomic E-state index is 0.0429. The molecule has 142 valence electrons. The van der Waals surface area contributed by atoms with E-state index < -0.39 is 42.5 Å². The summed E-state index contributed by atoms with van der Waals surface area (Å²) in [6.45, 7) is 4.08. The van der Waals surface area contributed by atoms with Crippen molar-refractivity contribution in [2.45, 2.75) is 58.3 Å². The van der Waals surface area contributed by atoms with Crippen LogP contribution in [0.5, 0.6) is 0 Å². The number of benzene rings is 1. The number of amides is 1. The number of ether oxygens (including phenoxy) is 3. The van der Waals surface area contributed by atoms with Gasteiger partial charge in [-0.05, 0) is 12.5 Å². The van der Waals surface area contributed by atoms with E-state index in [1.807, 2.05) is 30.3 Å². The largest absolute Gasteiger partial charge is 0.458 e. The molecular formula is C18H23NO7. The highest BCUT2D eigenvalue weighted by molar-refractivity contribution is 5.70. The fourth-order valence-electron chi connectivity index (χ4n) is 2.97. The first-order chi connectivity index (χ1) is 12.3. The molecule has 1 saturated heterocycles. The maximum atomic E-state index is 12.4. The molecule has 0 radical (unpaired) electrons. The van der Waals surface area contributed by atoms with Gasteiger partial charge in [0.05, 0.1) is 6.04 Å². The van der Waals surface area contributed by atoms with Crippen molar-refractivity contribution < 1.29 is 33.7 Å². The molecule has 8 nitrogen and oxygen atoms in total. The van der Waals surface area contributed by atoms with E-state index in [4.69, 9.17) is 14.2 Å². The van der Waals surface area contributed by atoms with Crippen molar-refractivity contribution in [1.82, 2.24) is 4.90 Å². The summed E-state index contributed by atoms with van der Waals surface area (Å²) in [5.74, 6) is -1.14. The van der Waals surface area contributed by atoms with Gasteiger partial charge >= 0.3 is 18.0 Å². The first-order valence-corrected chi connectivity index (χ1v) is 8.31. The number of hydrogen-bond donors (Lipinski definition) is 1. The SMILES string of the molecule is CC(=O)O[C@H]1[C@@H](OC(C)=O)CC(O)N(C(=O)OCc2ccccc2)[C@@H]1C. The van der Waals surface area contributed by atoms with Gasteiger partial charge in [0, 0.05) is 20.3 Å². The third-order valence-corrected chi connectivity index (χ3v) is 4.08. The highest BCUT2D eigenvalue weighted by Gasteiger charge is 2.46. The number of carbonyl (C=O) groups is 3. The van der Waals surface area contributed by atoms with Crippen LogP contribution in [0.3, 0.4) is 0 Å². The van der Waals surface area contributed by atoms with Gasteiger partial charge in [0.1, 0.15) is 18.9 Å². The van der Waals surface area contributed by atoms with Crippen molar-refractivity contribution in [3.8, 4) is 0 Å². The second-order valence-electron chi connectivity index (χ2n) is 6.13. The fourth-order valence-corrected chi connectivity index (χ4v) is 2.97. The first kappa shape index (κ1) is 19.7. The van der Waals surface area contributed by atoms with E-state index in [1.54, 1.807) is 6.92 Å². The molecule has 1 N–H and O–H groups in total. The lowest BCUT2D eigenvalue weighted by Crippen LogP contribution is -2.61. The van der Waals surface area contributed by atoms with Gasteiger partial charge in [-0.1, -0.05) is 30.3 Å². The summed E-state index contributed by atoms with van der Waals surface area (Å²) >= 11 is 0. The molecule has 1 aromatic rings. The predicted molar refractivity (Wildman–Crippen MR) is 89.7 cm³/mol. The number of nitrogens with zero attached hydrogens (tertiary/aromatic N) is 1. The highest BCUT2D eigenvalue weighted by Crippen LogP contribution is 2.28. The third-order valence-electron chi connectivity index (χ3n) is 4.08. The Balaban J connectivity index is 2.10. The number of likely N-dealkylation sites (tertiary alicyclic amines) is 1. The quantitative estimate of drug-likeness (QED) is 0.638. The van der Waals surface area contributed by atoms with Gasteiger partial charge < -0.3 is 19.3 Å². The summed E-state index contributed by atoms with van der Waals surface area (Å²) in [5, 5.41) is 10.3. The van der Waals surface area contributed by atoms with Crippen LogP contribution in [-0.2, 0) is 30.4 Å². The lowest BCUT2D eigenvalue weighted by Gasteiger charge is -2.44. The van der Waals surface area contributed by atoms with Crippen molar-refractivity contribution in [3.63, 3.8) is 0 Å². The Kier molecular flexibility index (Phi) is 6.57. The van der Waals surface area contributed by atoms with Crippen LogP contribution < -0.4 is 0 Å². The van der Waals surface area contributed by atoms with Gasteiger partial charge in [-0.3, -0.25) is 14.5 Å². The van der Waals surface area contributed by atoms with Gasteiger partial charge in [-0.25, -0.2) is 4.79 Å². The minimum atomic E-state index is -1.23. The summed E-state index contributed by atoms with van der Waals surface area (Å²) in [6.07, 6.45) is -3.80. The minimum Gasteiger partial charge on any atom is -0.458 e. The van der Waals surface area contributed by atoms with Crippen molar-refractivity contribution in [2.75, 3.05) is 0 Å². The van der Waals surface area contributed by atoms with E-state index in [1.165, 1.54) is 13.8 Å². The lowest BCUT2D eigenvalue weighted by atomic mass is 9.95. The van der Waals surface area contributed by atoms with Crippen LogP contribution >= 0.6 is 0 Å². The molecule has 4 atom stereocenters. The third kappa shape index (κ3) is 4.95. The van der Waals surface area contributed by atoms with Gasteiger partial charge in [0.2, 0.25) is 0 Å². The predicted octanol–water partition coefficient (Wildman–Crippen LogP) is 1.60. The summed E-state index contributed by atoms with van der Waals surface area (Å²) in [5.41, 5.74) is 0.800. The Morgan fingerprint density at radius 2 is 1.73 bits per heavy atom. The van der Waals surface area contributed by atoms with Crippen LogP contribution in [0.25, 0.3) is 0 Å². The zero-order chi connectivity index (χ0) is 19.3. The molecular weight excluding hydrogens is 342 g/mol. The van der Waals surface area contributed by atoms with E-state index in [0.717, 1.165) is 10.5 Å². The van der Waals surface area contributed by atoms with Crippen LogP contribution in [0.15, 0.2) is 30.3 Å². The molecule has 26 heavy (non-hydrogen) atoms. The number of aliphatic hydroxyl groups excluding tert-OH is 1. The van der Waals surface area contributed by atoms with E-state index in [0.29, 0.717) is 0 Å². The number of esters is 2. The summed E-state index contributed by atoms with van der Waals surface area (Å²) in [7, 11) is 0. The molecule has 2 rings (SSSR count). The van der Waals surface area contributed by atoms with Crippen LogP contribution in [-0.4, -0.2) is 52.5 Å². The second kappa shape index (κ2) is 8.66. The maximum Gasteiger partial charge on any atom is 0.412 e. The molecule has 0 aromatic heterocycles. The Labute approximate surface area is 151 Å². The van der Waals surface area contributed by atoms with E-state index in [-0.39, 0.29) is 13.0 Å². The van der Waals surface area contributed by atoms with Crippen LogP contribution in [0.4, 0.5) is 4.79 Å². The lowest BCUT2D eigenvalue weighted by molar-refractivity contribution is -0.192. The molecule has 1 unspecified atom stereocenters. The van der Waals surface area contributed by atoms with Crippen LogP contribution in [0.2, 0.25) is 0 Å². The monoisotopic (exact) mass is 365 g/mol. The molecule has 1 aliphatic rings. The standard InChI is InChI=1S/C18H23NO7/c1-11-17(26-13(3)21)15(25-12(2)20)9-16(22)19(11)18(23)24-10-14-7-5-4-6-8-14/h4-8,11,15-17,22H,9-10H2,1-3H3/t11-,15+,16?,17-/m1/s1. The Morgan fingerprint density at radius 3 is 2.31 bits per heavy atom. The van der Waals surface area contributed by atoms with Gasteiger partial charge in [0.25, 0.3) is 0 Å². The van der Waals surface area contributed by atoms with Gasteiger partial charge in [-0.2, -0.15) is 0 Å². The zero-order valence-electron chi connectivity index (χ0n) is 15.0. The van der Waals surface area contributed by atoms with Gasteiger partial charge in [0.15, 0.2) is 6.10 Å². The second-order valence-corrected chi connectivity index (χ2v) is 6.13. The topological polar surface area (TPSA) is 102 Å². The Bertz CT molecular complexity index is 648. The smallest absolute Gasteiger partial charge is 0.412 e.